The average Bonchev–Trinajstić information content (AvgIpc) is 3.32. The molecule has 2 aliphatic heterocycles. The summed E-state index contributed by atoms with van der Waals surface area (Å²) in [5.74, 6) is -0.0353. The molecule has 0 radical (unpaired) electrons. The summed E-state index contributed by atoms with van der Waals surface area (Å²) in [7, 11) is 0. The lowest BCUT2D eigenvalue weighted by Gasteiger charge is -2.27. The second-order valence-electron chi connectivity index (χ2n) is 7.67. The number of rotatable bonds is 6. The van der Waals surface area contributed by atoms with E-state index in [1.807, 2.05) is 11.6 Å². The first-order valence-corrected chi connectivity index (χ1v) is 10.9. The summed E-state index contributed by atoms with van der Waals surface area (Å²) < 4.78 is 13.2. The Morgan fingerprint density at radius 2 is 2.23 bits per heavy atom. The second-order valence-corrected chi connectivity index (χ2v) is 8.64. The van der Waals surface area contributed by atoms with Gasteiger partial charge in [0.1, 0.15) is 6.17 Å². The molecule has 0 aromatic carbocycles. The van der Waals surface area contributed by atoms with Crippen molar-refractivity contribution in [2.45, 2.75) is 51.5 Å². The number of alkyl halides is 1. The Kier molecular flexibility index (Phi) is 9.50. The quantitative estimate of drug-likeness (QED) is 0.671. The molecule has 2 aromatic rings. The summed E-state index contributed by atoms with van der Waals surface area (Å²) in [6.07, 6.45) is 3.52. The van der Waals surface area contributed by atoms with Crippen LogP contribution in [0.5, 0.6) is 0 Å². The van der Waals surface area contributed by atoms with E-state index in [1.54, 1.807) is 11.3 Å². The zero-order valence-electron chi connectivity index (χ0n) is 17.0. The highest BCUT2D eigenvalue weighted by molar-refractivity contribution is 7.10. The molecule has 1 amide bonds. The van der Waals surface area contributed by atoms with E-state index in [2.05, 4.69) is 39.6 Å². The average molecular weight is 475 g/mol. The van der Waals surface area contributed by atoms with Gasteiger partial charge in [-0.3, -0.25) is 14.7 Å². The van der Waals surface area contributed by atoms with Gasteiger partial charge in [0.15, 0.2) is 0 Å². The number of nitrogens with zero attached hydrogens (tertiary/aromatic N) is 2. The van der Waals surface area contributed by atoms with Crippen molar-refractivity contribution in [2.24, 2.45) is 0 Å². The van der Waals surface area contributed by atoms with E-state index in [-0.39, 0.29) is 36.8 Å². The number of fused-ring (bicyclic) bond motifs is 1. The van der Waals surface area contributed by atoms with E-state index in [0.29, 0.717) is 19.5 Å². The van der Waals surface area contributed by atoms with Crippen LogP contribution in [0.4, 0.5) is 4.39 Å². The molecule has 2 aliphatic rings. The number of carbonyl (C=O) groups excluding carboxylic acids is 1. The second kappa shape index (κ2) is 11.4. The van der Waals surface area contributed by atoms with Crippen LogP contribution in [0.1, 0.15) is 45.4 Å². The zero-order chi connectivity index (χ0) is 19.5. The third kappa shape index (κ3) is 5.92. The van der Waals surface area contributed by atoms with Crippen LogP contribution in [0.3, 0.4) is 0 Å². The van der Waals surface area contributed by atoms with Crippen LogP contribution in [0.15, 0.2) is 23.7 Å². The molecule has 9 heteroatoms. The molecule has 2 atom stereocenters. The van der Waals surface area contributed by atoms with E-state index in [0.717, 1.165) is 43.7 Å². The summed E-state index contributed by atoms with van der Waals surface area (Å²) in [6, 6.07) is 4.30. The number of aromatic nitrogens is 1. The summed E-state index contributed by atoms with van der Waals surface area (Å²) in [5.41, 5.74) is 4.31. The Labute approximate surface area is 193 Å². The van der Waals surface area contributed by atoms with Crippen LogP contribution in [-0.2, 0) is 25.9 Å². The van der Waals surface area contributed by atoms with E-state index < -0.39 is 6.17 Å². The molecule has 1 saturated heterocycles. The van der Waals surface area contributed by atoms with Crippen LogP contribution in [0.25, 0.3) is 0 Å². The largest absolute Gasteiger partial charge is 0.350 e. The minimum atomic E-state index is -0.797. The number of hydrogen-bond donors (Lipinski definition) is 2. The number of amides is 1. The summed E-state index contributed by atoms with van der Waals surface area (Å²) in [6.45, 7) is 5.62. The molecule has 4 rings (SSSR count). The molecular weight excluding hydrogens is 446 g/mol. The fourth-order valence-electron chi connectivity index (χ4n) is 3.93. The van der Waals surface area contributed by atoms with Crippen LogP contribution in [-0.4, -0.2) is 47.6 Å². The van der Waals surface area contributed by atoms with Gasteiger partial charge in [-0.1, -0.05) is 13.0 Å². The number of pyridine rings is 1. The van der Waals surface area contributed by atoms with Crippen LogP contribution in [0, 0.1) is 0 Å². The molecule has 0 saturated carbocycles. The van der Waals surface area contributed by atoms with Gasteiger partial charge in [0, 0.05) is 55.2 Å². The maximum atomic E-state index is 13.2. The minimum Gasteiger partial charge on any atom is -0.350 e. The Hall–Kier alpha value is -1.25. The van der Waals surface area contributed by atoms with Gasteiger partial charge in [-0.15, -0.1) is 36.2 Å². The molecule has 4 heterocycles. The molecule has 0 spiro atoms. The maximum Gasteiger partial charge on any atom is 0.252 e. The number of carbonyl (C=O) groups is 1. The van der Waals surface area contributed by atoms with E-state index in [4.69, 9.17) is 0 Å². The molecule has 0 bridgehead atoms. The smallest absolute Gasteiger partial charge is 0.252 e. The van der Waals surface area contributed by atoms with Gasteiger partial charge >= 0.3 is 0 Å². The van der Waals surface area contributed by atoms with Crippen molar-refractivity contribution in [3.8, 4) is 0 Å². The van der Waals surface area contributed by atoms with Crippen molar-refractivity contribution in [2.75, 3.05) is 19.6 Å². The van der Waals surface area contributed by atoms with E-state index >= 15 is 0 Å². The van der Waals surface area contributed by atoms with Gasteiger partial charge in [-0.2, -0.15) is 0 Å². The number of aryl methyl sites for hydroxylation is 1. The first-order valence-electron chi connectivity index (χ1n) is 10.0. The molecule has 166 valence electrons. The number of halogens is 3. The predicted octanol–water partition coefficient (Wildman–Crippen LogP) is 3.54. The van der Waals surface area contributed by atoms with Gasteiger partial charge in [0.25, 0.3) is 5.91 Å². The van der Waals surface area contributed by atoms with Crippen molar-refractivity contribution >= 4 is 42.1 Å². The summed E-state index contributed by atoms with van der Waals surface area (Å²) >= 11 is 1.66. The minimum absolute atomic E-state index is 0. The van der Waals surface area contributed by atoms with Gasteiger partial charge in [-0.05, 0) is 36.5 Å². The van der Waals surface area contributed by atoms with Gasteiger partial charge in [-0.25, -0.2) is 4.39 Å². The third-order valence-electron chi connectivity index (χ3n) is 5.63. The monoisotopic (exact) mass is 474 g/mol. The van der Waals surface area contributed by atoms with Gasteiger partial charge in [0.2, 0.25) is 0 Å². The summed E-state index contributed by atoms with van der Waals surface area (Å²) in [4.78, 5) is 20.8. The molecule has 2 N–H and O–H groups in total. The zero-order valence-corrected chi connectivity index (χ0v) is 19.5. The van der Waals surface area contributed by atoms with Crippen LogP contribution in [0.2, 0.25) is 0 Å². The van der Waals surface area contributed by atoms with Crippen molar-refractivity contribution in [1.82, 2.24) is 20.5 Å². The molecule has 30 heavy (non-hydrogen) atoms. The Bertz CT molecular complexity index is 833. The number of hydrogen-bond acceptors (Lipinski definition) is 5. The fraction of sp³-hybridized carbons (Fsp3) is 0.524. The molecule has 5 nitrogen and oxygen atoms in total. The highest BCUT2D eigenvalue weighted by atomic mass is 35.5. The lowest BCUT2D eigenvalue weighted by Crippen LogP contribution is -2.37. The Morgan fingerprint density at radius 1 is 1.40 bits per heavy atom. The molecule has 1 fully saturated rings. The van der Waals surface area contributed by atoms with Crippen molar-refractivity contribution < 1.29 is 9.18 Å². The number of nitrogens with one attached hydrogen (secondary N) is 2. The first-order chi connectivity index (χ1) is 13.6. The molecular formula is C21H29Cl2FN4OS. The van der Waals surface area contributed by atoms with Gasteiger partial charge in [0.05, 0.1) is 11.3 Å². The van der Waals surface area contributed by atoms with Crippen LogP contribution >= 0.6 is 36.2 Å². The summed E-state index contributed by atoms with van der Waals surface area (Å²) in [5, 5.41) is 8.05. The Balaban J connectivity index is 0.00000160. The topological polar surface area (TPSA) is 57.3 Å². The SMILES string of the molecule is CCc1ccc(CN2CCc3c(C(=O)NC[C@@H]4C[C@H](F)CN4)csc3C2)nc1.Cl.Cl. The Morgan fingerprint density at radius 3 is 2.90 bits per heavy atom. The molecule has 0 unspecified atom stereocenters. The lowest BCUT2D eigenvalue weighted by atomic mass is 10.0. The van der Waals surface area contributed by atoms with Crippen molar-refractivity contribution in [1.29, 1.82) is 0 Å². The standard InChI is InChI=1S/C21H27FN4OS.2ClH/c1-2-14-3-4-16(23-8-14)11-26-6-5-18-19(13-28-20(18)12-26)21(27)25-10-17-7-15(22)9-24-17;;/h3-4,8,13,15,17,24H,2,5-7,9-12H2,1H3,(H,25,27);2*1H/t15-,17-;;/m0../s1. The lowest BCUT2D eigenvalue weighted by molar-refractivity contribution is 0.0948. The van der Waals surface area contributed by atoms with Crippen LogP contribution < -0.4 is 10.6 Å². The third-order valence-corrected chi connectivity index (χ3v) is 6.64. The molecule has 0 aliphatic carbocycles. The predicted molar refractivity (Wildman–Crippen MR) is 124 cm³/mol. The fourth-order valence-corrected chi connectivity index (χ4v) is 5.05. The van der Waals surface area contributed by atoms with E-state index in [9.17, 15) is 9.18 Å². The van der Waals surface area contributed by atoms with Crippen molar-refractivity contribution in [3.05, 3.63) is 51.0 Å². The normalized spacial score (nSPS) is 20.7. The first kappa shape index (κ1) is 25.0. The van der Waals surface area contributed by atoms with Gasteiger partial charge < -0.3 is 10.6 Å². The number of thiophene rings is 1. The maximum absolute atomic E-state index is 13.2. The highest BCUT2D eigenvalue weighted by Gasteiger charge is 2.26. The van der Waals surface area contributed by atoms with Crippen molar-refractivity contribution in [3.63, 3.8) is 0 Å². The highest BCUT2D eigenvalue weighted by Crippen LogP contribution is 2.29. The molecule has 2 aromatic heterocycles. The van der Waals surface area contributed by atoms with E-state index in [1.165, 1.54) is 16.0 Å².